The summed E-state index contributed by atoms with van der Waals surface area (Å²) < 4.78 is 0. The van der Waals surface area contributed by atoms with Crippen LogP contribution < -0.4 is 0 Å². The van der Waals surface area contributed by atoms with Gasteiger partial charge in [-0.15, -0.1) is 0 Å². The molecule has 0 spiro atoms. The van der Waals surface area contributed by atoms with Gasteiger partial charge in [0.25, 0.3) is 0 Å². The van der Waals surface area contributed by atoms with Crippen molar-refractivity contribution >= 4 is 5.57 Å². The Morgan fingerprint density at radius 2 is 1.75 bits per heavy atom. The third-order valence-corrected chi connectivity index (χ3v) is 4.41. The number of hydrogen-bond donors (Lipinski definition) is 0. The highest BCUT2D eigenvalue weighted by Gasteiger charge is 2.35. The van der Waals surface area contributed by atoms with Crippen LogP contribution in [-0.2, 0) is 5.41 Å². The number of rotatable bonds is 2. The maximum Gasteiger partial charge on any atom is 0.0371 e. The first-order chi connectivity index (χ1) is 9.56. The van der Waals surface area contributed by atoms with E-state index in [4.69, 9.17) is 0 Å². The Labute approximate surface area is 121 Å². The van der Waals surface area contributed by atoms with Crippen molar-refractivity contribution in [1.29, 1.82) is 0 Å². The fourth-order valence-electron chi connectivity index (χ4n) is 3.34. The van der Waals surface area contributed by atoms with E-state index >= 15 is 0 Å². The molecular formula is C20H20. The minimum Gasteiger partial charge on any atom is -0.0985 e. The maximum atomic E-state index is 3.97. The van der Waals surface area contributed by atoms with Crippen LogP contribution >= 0.6 is 0 Å². The number of allylic oxidation sites excluding steroid dienone is 3. The normalized spacial score (nSPS) is 20.4. The lowest BCUT2D eigenvalue weighted by molar-refractivity contribution is 0.730. The lowest BCUT2D eigenvalue weighted by atomic mass is 9.76. The molecule has 0 fully saturated rings. The SMILES string of the molecule is C=CC1=CC(C)(c2cc(C)ccc2C)c2ccccc21. The van der Waals surface area contributed by atoms with Gasteiger partial charge in [0.1, 0.15) is 0 Å². The third kappa shape index (κ3) is 1.76. The molecule has 0 heteroatoms. The van der Waals surface area contributed by atoms with Crippen LogP contribution in [0.25, 0.3) is 5.57 Å². The standard InChI is InChI=1S/C20H20/c1-5-16-13-20(4,18-9-7-6-8-17(16)18)19-12-14(2)10-11-15(19)3/h5-13H,1H2,2-4H3. The first-order valence-electron chi connectivity index (χ1n) is 7.09. The summed E-state index contributed by atoms with van der Waals surface area (Å²) in [6, 6.07) is 15.4. The van der Waals surface area contributed by atoms with E-state index < -0.39 is 0 Å². The van der Waals surface area contributed by atoms with Crippen LogP contribution in [0.15, 0.2) is 61.2 Å². The van der Waals surface area contributed by atoms with Gasteiger partial charge in [-0.05, 0) is 48.6 Å². The smallest absolute Gasteiger partial charge is 0.0371 e. The monoisotopic (exact) mass is 260 g/mol. The molecule has 3 rings (SSSR count). The molecule has 2 aromatic carbocycles. The van der Waals surface area contributed by atoms with E-state index in [9.17, 15) is 0 Å². The van der Waals surface area contributed by atoms with Crippen molar-refractivity contribution in [2.75, 3.05) is 0 Å². The van der Waals surface area contributed by atoms with Crippen molar-refractivity contribution in [2.24, 2.45) is 0 Å². The van der Waals surface area contributed by atoms with Gasteiger partial charge in [0.2, 0.25) is 0 Å². The zero-order chi connectivity index (χ0) is 14.3. The van der Waals surface area contributed by atoms with Crippen molar-refractivity contribution < 1.29 is 0 Å². The Morgan fingerprint density at radius 1 is 1.00 bits per heavy atom. The van der Waals surface area contributed by atoms with Gasteiger partial charge in [0.05, 0.1) is 0 Å². The molecule has 0 nitrogen and oxygen atoms in total. The van der Waals surface area contributed by atoms with Gasteiger partial charge in [-0.1, -0.05) is 66.8 Å². The summed E-state index contributed by atoms with van der Waals surface area (Å²) in [5, 5.41) is 0. The topological polar surface area (TPSA) is 0 Å². The molecule has 0 saturated carbocycles. The summed E-state index contributed by atoms with van der Waals surface area (Å²) in [5.41, 5.74) is 7.91. The van der Waals surface area contributed by atoms with Crippen molar-refractivity contribution in [3.05, 3.63) is 89.0 Å². The molecule has 1 unspecified atom stereocenters. The predicted molar refractivity (Wildman–Crippen MR) is 87.0 cm³/mol. The largest absolute Gasteiger partial charge is 0.0985 e. The molecule has 0 bridgehead atoms. The molecule has 0 amide bonds. The highest BCUT2D eigenvalue weighted by atomic mass is 14.4. The van der Waals surface area contributed by atoms with Crippen LogP contribution in [-0.4, -0.2) is 0 Å². The molecule has 1 aliphatic rings. The van der Waals surface area contributed by atoms with Gasteiger partial charge in [-0.25, -0.2) is 0 Å². The van der Waals surface area contributed by atoms with E-state index in [1.165, 1.54) is 33.4 Å². The van der Waals surface area contributed by atoms with Crippen molar-refractivity contribution in [3.8, 4) is 0 Å². The van der Waals surface area contributed by atoms with Crippen molar-refractivity contribution in [2.45, 2.75) is 26.2 Å². The predicted octanol–water partition coefficient (Wildman–Crippen LogP) is 5.19. The Bertz CT molecular complexity index is 719. The Kier molecular flexibility index (Phi) is 2.90. The highest BCUT2D eigenvalue weighted by Crippen LogP contribution is 2.46. The summed E-state index contributed by atoms with van der Waals surface area (Å²) in [6.45, 7) is 10.6. The molecule has 1 atom stereocenters. The Balaban J connectivity index is 2.30. The average molecular weight is 260 g/mol. The second-order valence-electron chi connectivity index (χ2n) is 5.87. The van der Waals surface area contributed by atoms with E-state index in [1.807, 2.05) is 6.08 Å². The van der Waals surface area contributed by atoms with Crippen LogP contribution in [0.3, 0.4) is 0 Å². The van der Waals surface area contributed by atoms with E-state index in [2.05, 4.69) is 75.9 Å². The third-order valence-electron chi connectivity index (χ3n) is 4.41. The summed E-state index contributed by atoms with van der Waals surface area (Å²) >= 11 is 0. The summed E-state index contributed by atoms with van der Waals surface area (Å²) in [7, 11) is 0. The molecule has 0 N–H and O–H groups in total. The van der Waals surface area contributed by atoms with Crippen LogP contribution in [0.5, 0.6) is 0 Å². The van der Waals surface area contributed by atoms with Gasteiger partial charge in [-0.3, -0.25) is 0 Å². The van der Waals surface area contributed by atoms with Gasteiger partial charge >= 0.3 is 0 Å². The molecule has 0 aliphatic heterocycles. The van der Waals surface area contributed by atoms with E-state index in [1.54, 1.807) is 0 Å². The molecule has 20 heavy (non-hydrogen) atoms. The Hall–Kier alpha value is -2.08. The number of fused-ring (bicyclic) bond motifs is 1. The van der Waals surface area contributed by atoms with E-state index in [0.29, 0.717) is 0 Å². The van der Waals surface area contributed by atoms with Crippen LogP contribution in [0.2, 0.25) is 0 Å². The van der Waals surface area contributed by atoms with Gasteiger partial charge in [0, 0.05) is 5.41 Å². The van der Waals surface area contributed by atoms with Crippen molar-refractivity contribution in [1.82, 2.24) is 0 Å². The zero-order valence-corrected chi connectivity index (χ0v) is 12.4. The van der Waals surface area contributed by atoms with Crippen LogP contribution in [0.1, 0.15) is 34.7 Å². The second-order valence-corrected chi connectivity index (χ2v) is 5.87. The molecule has 2 aromatic rings. The fraction of sp³-hybridized carbons (Fsp3) is 0.200. The second kappa shape index (κ2) is 4.49. The van der Waals surface area contributed by atoms with Crippen LogP contribution in [0, 0.1) is 13.8 Å². The van der Waals surface area contributed by atoms with Gasteiger partial charge < -0.3 is 0 Å². The lowest BCUT2D eigenvalue weighted by Crippen LogP contribution is -2.20. The number of benzene rings is 2. The number of hydrogen-bond acceptors (Lipinski definition) is 0. The first-order valence-corrected chi connectivity index (χ1v) is 7.09. The fourth-order valence-corrected chi connectivity index (χ4v) is 3.34. The minimum atomic E-state index is -0.0593. The van der Waals surface area contributed by atoms with Crippen molar-refractivity contribution in [3.63, 3.8) is 0 Å². The van der Waals surface area contributed by atoms with Gasteiger partial charge in [-0.2, -0.15) is 0 Å². The number of aryl methyl sites for hydroxylation is 2. The lowest BCUT2D eigenvalue weighted by Gasteiger charge is -2.27. The quantitative estimate of drug-likeness (QED) is 0.697. The first kappa shape index (κ1) is 12.9. The van der Waals surface area contributed by atoms with Gasteiger partial charge in [0.15, 0.2) is 0 Å². The molecule has 0 heterocycles. The summed E-state index contributed by atoms with van der Waals surface area (Å²) in [5.74, 6) is 0. The summed E-state index contributed by atoms with van der Waals surface area (Å²) in [4.78, 5) is 0. The molecule has 0 saturated heterocycles. The maximum absolute atomic E-state index is 3.97. The average Bonchev–Trinajstić information content (AvgIpc) is 2.76. The minimum absolute atomic E-state index is 0.0593. The zero-order valence-electron chi connectivity index (χ0n) is 12.4. The molecule has 1 aliphatic carbocycles. The van der Waals surface area contributed by atoms with E-state index in [-0.39, 0.29) is 5.41 Å². The molecule has 100 valence electrons. The molecule has 0 radical (unpaired) electrons. The van der Waals surface area contributed by atoms with Crippen LogP contribution in [0.4, 0.5) is 0 Å². The highest BCUT2D eigenvalue weighted by molar-refractivity contribution is 5.84. The summed E-state index contributed by atoms with van der Waals surface area (Å²) in [6.07, 6.45) is 4.32. The molecule has 0 aromatic heterocycles. The van der Waals surface area contributed by atoms with E-state index in [0.717, 1.165) is 0 Å². The molecular weight excluding hydrogens is 240 g/mol. The Morgan fingerprint density at radius 3 is 2.50 bits per heavy atom.